The monoisotopic (exact) mass is 372 g/mol. The van der Waals surface area contributed by atoms with Crippen molar-refractivity contribution in [3.8, 4) is 0 Å². The van der Waals surface area contributed by atoms with Gasteiger partial charge in [-0.2, -0.15) is 0 Å². The van der Waals surface area contributed by atoms with Gasteiger partial charge in [-0.3, -0.25) is 0 Å². The summed E-state index contributed by atoms with van der Waals surface area (Å²) < 4.78 is 0. The van der Waals surface area contributed by atoms with Crippen LogP contribution >= 0.6 is 12.2 Å². The summed E-state index contributed by atoms with van der Waals surface area (Å²) in [6, 6.07) is 8.37. The molecule has 0 saturated carbocycles. The van der Waals surface area contributed by atoms with Crippen molar-refractivity contribution in [2.45, 2.75) is 13.8 Å². The van der Waals surface area contributed by atoms with Crippen LogP contribution in [0.2, 0.25) is 0 Å². The Morgan fingerprint density at radius 2 is 2.00 bits per heavy atom. The van der Waals surface area contributed by atoms with Crippen molar-refractivity contribution < 1.29 is 0 Å². The lowest BCUT2D eigenvalue weighted by molar-refractivity contribution is 0.270. The molecule has 1 aliphatic heterocycles. The molecule has 0 atom stereocenters. The van der Waals surface area contributed by atoms with Gasteiger partial charge < -0.3 is 26.2 Å². The van der Waals surface area contributed by atoms with Crippen molar-refractivity contribution in [1.82, 2.24) is 15.2 Å². The van der Waals surface area contributed by atoms with Gasteiger partial charge in [-0.15, -0.1) is 0 Å². The van der Waals surface area contributed by atoms with Gasteiger partial charge in [-0.25, -0.2) is 4.98 Å². The third kappa shape index (κ3) is 4.41. The number of likely N-dealkylation sites (N-methyl/N-ethyl adjacent to an activating group) is 1. The van der Waals surface area contributed by atoms with Crippen molar-refractivity contribution in [3.63, 3.8) is 0 Å². The Balaban J connectivity index is 1.77. The molecular weight excluding hydrogens is 344 g/mol. The number of hydrogen-bond donors (Lipinski definition) is 3. The minimum Gasteiger partial charge on any atom is -0.361 e. The summed E-state index contributed by atoms with van der Waals surface area (Å²) in [5, 5.41) is 8.01. The molecule has 0 radical (unpaired) electrons. The number of fused-ring (bicyclic) bond motifs is 1. The molecular formula is C19H28N6S. The Kier molecular flexibility index (Phi) is 6.24. The average molecular weight is 373 g/mol. The lowest BCUT2D eigenvalue weighted by atomic mass is 10.1. The Morgan fingerprint density at radius 3 is 2.69 bits per heavy atom. The minimum absolute atomic E-state index is 0.553. The summed E-state index contributed by atoms with van der Waals surface area (Å²) in [6.45, 7) is 11.0. The number of aromatic nitrogens is 1. The van der Waals surface area contributed by atoms with E-state index < -0.39 is 0 Å². The second kappa shape index (κ2) is 8.62. The number of piperazine rings is 1. The zero-order valence-corrected chi connectivity index (χ0v) is 16.4. The molecule has 2 aromatic rings. The predicted molar refractivity (Wildman–Crippen MR) is 114 cm³/mol. The molecule has 0 bridgehead atoms. The zero-order valence-electron chi connectivity index (χ0n) is 15.6. The maximum absolute atomic E-state index is 5.49. The third-order valence-electron chi connectivity index (χ3n) is 4.83. The molecule has 1 aliphatic rings. The van der Waals surface area contributed by atoms with Crippen LogP contribution in [0.4, 0.5) is 11.5 Å². The van der Waals surface area contributed by atoms with Crippen LogP contribution in [-0.4, -0.2) is 60.8 Å². The number of nitrogens with one attached hydrogen (secondary N) is 2. The fourth-order valence-electron chi connectivity index (χ4n) is 3.27. The van der Waals surface area contributed by atoms with E-state index in [-0.39, 0.29) is 0 Å². The maximum atomic E-state index is 5.49. The molecule has 1 aromatic carbocycles. The van der Waals surface area contributed by atoms with Gasteiger partial charge >= 0.3 is 0 Å². The highest BCUT2D eigenvalue weighted by Gasteiger charge is 2.17. The van der Waals surface area contributed by atoms with E-state index >= 15 is 0 Å². The Labute approximate surface area is 160 Å². The van der Waals surface area contributed by atoms with Gasteiger partial charge in [0.1, 0.15) is 5.82 Å². The highest BCUT2D eigenvalue weighted by Crippen LogP contribution is 2.26. The van der Waals surface area contributed by atoms with Crippen molar-refractivity contribution in [2.75, 3.05) is 56.0 Å². The molecule has 0 amide bonds. The van der Waals surface area contributed by atoms with E-state index in [1.54, 1.807) is 0 Å². The summed E-state index contributed by atoms with van der Waals surface area (Å²) in [5.41, 5.74) is 8.70. The van der Waals surface area contributed by atoms with Crippen LogP contribution in [0, 0.1) is 6.92 Å². The molecule has 4 N–H and O–H groups in total. The number of pyridine rings is 1. The van der Waals surface area contributed by atoms with Crippen molar-refractivity contribution in [3.05, 3.63) is 29.8 Å². The number of thiocarbonyl (C=S) groups is 1. The first-order valence-corrected chi connectivity index (χ1v) is 9.65. The first-order valence-electron chi connectivity index (χ1n) is 9.24. The average Bonchev–Trinajstić information content (AvgIpc) is 2.66. The fourth-order valence-corrected chi connectivity index (χ4v) is 3.49. The Bertz CT molecular complexity index is 770. The Hall–Kier alpha value is -1.96. The summed E-state index contributed by atoms with van der Waals surface area (Å²) in [5.74, 6) is 1.08. The lowest BCUT2D eigenvalue weighted by Crippen LogP contribution is -2.46. The molecule has 0 aliphatic carbocycles. The molecule has 26 heavy (non-hydrogen) atoms. The van der Waals surface area contributed by atoms with Gasteiger partial charge in [-0.1, -0.05) is 6.92 Å². The van der Waals surface area contributed by atoms with Gasteiger partial charge in [0.05, 0.1) is 5.52 Å². The second-order valence-electron chi connectivity index (χ2n) is 6.62. The first-order chi connectivity index (χ1) is 12.6. The van der Waals surface area contributed by atoms with Crippen LogP contribution < -0.4 is 21.3 Å². The third-order valence-corrected chi connectivity index (χ3v) is 5.08. The molecule has 140 valence electrons. The highest BCUT2D eigenvalue weighted by atomic mass is 32.1. The molecule has 2 heterocycles. The van der Waals surface area contributed by atoms with Gasteiger partial charge in [0.2, 0.25) is 0 Å². The number of rotatable bonds is 5. The number of nitrogens with zero attached hydrogens (tertiary/aromatic N) is 3. The molecule has 0 unspecified atom stereocenters. The maximum Gasteiger partial charge on any atom is 0.170 e. The normalized spacial score (nSPS) is 15.3. The van der Waals surface area contributed by atoms with Gasteiger partial charge in [0, 0.05) is 50.3 Å². The molecule has 0 spiro atoms. The topological polar surface area (TPSA) is 69.5 Å². The molecule has 6 nitrogen and oxygen atoms in total. The standard InChI is InChI=1S/C19H28N6S/c1-3-24-8-10-25(11-9-24)18-12-14(2)16-13-15(4-5-17(16)23-18)22-19(26)21-7-6-20/h4-5,12-13H,3,6-11,20H2,1-2H3,(H2,21,22,26). The van der Waals surface area contributed by atoms with Crippen molar-refractivity contribution >= 4 is 39.7 Å². The number of hydrogen-bond acceptors (Lipinski definition) is 5. The summed E-state index contributed by atoms with van der Waals surface area (Å²) in [4.78, 5) is 9.76. The van der Waals surface area contributed by atoms with Crippen LogP contribution in [-0.2, 0) is 0 Å². The lowest BCUT2D eigenvalue weighted by Gasteiger charge is -2.35. The zero-order chi connectivity index (χ0) is 18.5. The molecule has 1 fully saturated rings. The van der Waals surface area contributed by atoms with Crippen molar-refractivity contribution in [1.29, 1.82) is 0 Å². The first kappa shape index (κ1) is 18.8. The number of benzene rings is 1. The second-order valence-corrected chi connectivity index (χ2v) is 7.03. The minimum atomic E-state index is 0.553. The van der Waals surface area contributed by atoms with E-state index in [0.29, 0.717) is 18.2 Å². The quantitative estimate of drug-likeness (QED) is 0.693. The smallest absolute Gasteiger partial charge is 0.170 e. The number of aryl methyl sites for hydroxylation is 1. The van der Waals surface area contributed by atoms with Crippen LogP contribution in [0.3, 0.4) is 0 Å². The molecule has 1 aromatic heterocycles. The highest BCUT2D eigenvalue weighted by molar-refractivity contribution is 7.80. The number of anilines is 2. The molecule has 3 rings (SSSR count). The molecule has 7 heteroatoms. The van der Waals surface area contributed by atoms with Crippen LogP contribution in [0.25, 0.3) is 10.9 Å². The molecule has 1 saturated heterocycles. The predicted octanol–water partition coefficient (Wildman–Crippen LogP) is 1.93. The SMILES string of the molecule is CCN1CCN(c2cc(C)c3cc(NC(=S)NCCN)ccc3n2)CC1. The van der Waals surface area contributed by atoms with Crippen LogP contribution in [0.15, 0.2) is 24.3 Å². The van der Waals surface area contributed by atoms with Gasteiger partial charge in [0.15, 0.2) is 5.11 Å². The van der Waals surface area contributed by atoms with Crippen LogP contribution in [0.5, 0.6) is 0 Å². The van der Waals surface area contributed by atoms with E-state index in [0.717, 1.165) is 55.1 Å². The summed E-state index contributed by atoms with van der Waals surface area (Å²) >= 11 is 5.28. The van der Waals surface area contributed by atoms with Gasteiger partial charge in [0.25, 0.3) is 0 Å². The number of nitrogens with two attached hydrogens (primary N) is 1. The largest absolute Gasteiger partial charge is 0.361 e. The Morgan fingerprint density at radius 1 is 1.23 bits per heavy atom. The van der Waals surface area contributed by atoms with E-state index in [4.69, 9.17) is 22.9 Å². The summed E-state index contributed by atoms with van der Waals surface area (Å²) in [7, 11) is 0. The fraction of sp³-hybridized carbons (Fsp3) is 0.474. The van der Waals surface area contributed by atoms with Gasteiger partial charge in [-0.05, 0) is 55.5 Å². The van der Waals surface area contributed by atoms with E-state index in [1.165, 1.54) is 5.56 Å². The van der Waals surface area contributed by atoms with E-state index in [9.17, 15) is 0 Å². The van der Waals surface area contributed by atoms with Crippen LogP contribution in [0.1, 0.15) is 12.5 Å². The van der Waals surface area contributed by atoms with Crippen molar-refractivity contribution in [2.24, 2.45) is 5.73 Å². The summed E-state index contributed by atoms with van der Waals surface area (Å²) in [6.07, 6.45) is 0. The van der Waals surface area contributed by atoms with E-state index in [2.05, 4.69) is 52.5 Å². The van der Waals surface area contributed by atoms with E-state index in [1.807, 2.05) is 6.07 Å².